The highest BCUT2D eigenvalue weighted by Gasteiger charge is 2.09. The van der Waals surface area contributed by atoms with Crippen LogP contribution in [0.25, 0.3) is 0 Å². The summed E-state index contributed by atoms with van der Waals surface area (Å²) in [5.74, 6) is -0.298. The lowest BCUT2D eigenvalue weighted by Crippen LogP contribution is -2.10. The Morgan fingerprint density at radius 1 is 1.10 bits per heavy atom. The van der Waals surface area contributed by atoms with Gasteiger partial charge in [0.1, 0.15) is 11.6 Å². The van der Waals surface area contributed by atoms with E-state index in [4.69, 9.17) is 5.73 Å². The number of ketones is 1. The topological polar surface area (TPSA) is 43.1 Å². The fourth-order valence-electron chi connectivity index (χ4n) is 2.14. The van der Waals surface area contributed by atoms with Crippen LogP contribution >= 0.6 is 15.9 Å². The minimum Gasteiger partial charge on any atom is -0.326 e. The highest BCUT2D eigenvalue weighted by Crippen LogP contribution is 2.16. The third kappa shape index (κ3) is 3.99. The van der Waals surface area contributed by atoms with Crippen LogP contribution in [0.2, 0.25) is 0 Å². The number of carbonyl (C=O) groups excluding carboxylic acids is 1. The predicted molar refractivity (Wildman–Crippen MR) is 80.8 cm³/mol. The van der Waals surface area contributed by atoms with Gasteiger partial charge >= 0.3 is 0 Å². The van der Waals surface area contributed by atoms with Crippen LogP contribution < -0.4 is 5.73 Å². The number of benzene rings is 2. The molecule has 4 heteroatoms. The van der Waals surface area contributed by atoms with Crippen molar-refractivity contribution in [3.8, 4) is 0 Å². The third-order valence-electron chi connectivity index (χ3n) is 3.05. The van der Waals surface area contributed by atoms with Crippen LogP contribution in [-0.4, -0.2) is 5.78 Å². The van der Waals surface area contributed by atoms with Crippen LogP contribution in [0.1, 0.15) is 16.7 Å². The van der Waals surface area contributed by atoms with Gasteiger partial charge in [0, 0.05) is 23.9 Å². The van der Waals surface area contributed by atoms with Crippen molar-refractivity contribution in [3.63, 3.8) is 0 Å². The van der Waals surface area contributed by atoms with E-state index in [9.17, 15) is 9.18 Å². The van der Waals surface area contributed by atoms with Crippen molar-refractivity contribution in [2.75, 3.05) is 0 Å². The quantitative estimate of drug-likeness (QED) is 0.909. The second kappa shape index (κ2) is 6.77. The third-order valence-corrected chi connectivity index (χ3v) is 3.51. The number of hydrogen-bond donors (Lipinski definition) is 1. The Bertz CT molecular complexity index is 607. The van der Waals surface area contributed by atoms with Crippen LogP contribution in [0.3, 0.4) is 0 Å². The van der Waals surface area contributed by atoms with E-state index in [-0.39, 0.29) is 18.0 Å². The lowest BCUT2D eigenvalue weighted by molar-refractivity contribution is -0.117. The van der Waals surface area contributed by atoms with E-state index in [2.05, 4.69) is 15.9 Å². The standard InChI is InChI=1S/C16H15BrFNO/c17-14-5-11(6-15(18)9-14)7-16(20)8-12-3-1-2-4-13(12)10-19/h1-6,9H,7-8,10,19H2. The monoisotopic (exact) mass is 335 g/mol. The van der Waals surface area contributed by atoms with Gasteiger partial charge in [-0.2, -0.15) is 0 Å². The summed E-state index contributed by atoms with van der Waals surface area (Å²) in [6, 6.07) is 12.1. The Morgan fingerprint density at radius 2 is 1.80 bits per heavy atom. The second-order valence-electron chi connectivity index (χ2n) is 4.64. The van der Waals surface area contributed by atoms with Gasteiger partial charge in [-0.25, -0.2) is 4.39 Å². The zero-order valence-corrected chi connectivity index (χ0v) is 12.5. The molecule has 0 aliphatic heterocycles. The molecule has 0 fully saturated rings. The van der Waals surface area contributed by atoms with Crippen LogP contribution in [0.4, 0.5) is 4.39 Å². The summed E-state index contributed by atoms with van der Waals surface area (Å²) in [5.41, 5.74) is 8.24. The van der Waals surface area contributed by atoms with E-state index in [1.807, 2.05) is 24.3 Å². The predicted octanol–water partition coefficient (Wildman–Crippen LogP) is 3.40. The van der Waals surface area contributed by atoms with Crippen molar-refractivity contribution in [1.29, 1.82) is 0 Å². The maximum Gasteiger partial charge on any atom is 0.141 e. The number of nitrogens with two attached hydrogens (primary N) is 1. The Balaban J connectivity index is 2.09. The maximum absolute atomic E-state index is 13.3. The summed E-state index contributed by atoms with van der Waals surface area (Å²) < 4.78 is 13.9. The van der Waals surface area contributed by atoms with Gasteiger partial charge in [0.15, 0.2) is 0 Å². The average molecular weight is 336 g/mol. The molecule has 2 nitrogen and oxygen atoms in total. The molecule has 0 atom stereocenters. The van der Waals surface area contributed by atoms with Gasteiger partial charge in [0.05, 0.1) is 0 Å². The van der Waals surface area contributed by atoms with Gasteiger partial charge in [-0.3, -0.25) is 4.79 Å². The molecule has 0 saturated carbocycles. The zero-order valence-electron chi connectivity index (χ0n) is 10.9. The first-order valence-corrected chi connectivity index (χ1v) is 7.11. The summed E-state index contributed by atoms with van der Waals surface area (Å²) in [5, 5.41) is 0. The molecule has 2 rings (SSSR count). The molecule has 0 spiro atoms. The lowest BCUT2D eigenvalue weighted by atomic mass is 9.99. The molecular formula is C16H15BrFNO. The van der Waals surface area contributed by atoms with Crippen molar-refractivity contribution >= 4 is 21.7 Å². The Morgan fingerprint density at radius 3 is 2.45 bits per heavy atom. The number of Topliss-reactive ketones (excluding diaryl/α,β-unsaturated/α-hetero) is 1. The molecule has 0 radical (unpaired) electrons. The molecule has 2 aromatic rings. The maximum atomic E-state index is 13.3. The van der Waals surface area contributed by atoms with Gasteiger partial charge in [0.2, 0.25) is 0 Å². The molecule has 0 bridgehead atoms. The fraction of sp³-hybridized carbons (Fsp3) is 0.188. The van der Waals surface area contributed by atoms with Crippen LogP contribution in [-0.2, 0) is 24.2 Å². The molecule has 0 amide bonds. The van der Waals surface area contributed by atoms with E-state index in [0.717, 1.165) is 11.1 Å². The van der Waals surface area contributed by atoms with Gasteiger partial charge in [0.25, 0.3) is 0 Å². The molecule has 0 unspecified atom stereocenters. The van der Waals surface area contributed by atoms with Crippen molar-refractivity contribution in [2.45, 2.75) is 19.4 Å². The van der Waals surface area contributed by atoms with E-state index in [1.54, 1.807) is 6.07 Å². The molecule has 0 aliphatic carbocycles. The molecule has 0 heterocycles. The van der Waals surface area contributed by atoms with Gasteiger partial charge in [-0.05, 0) is 34.9 Å². The molecule has 20 heavy (non-hydrogen) atoms. The first kappa shape index (κ1) is 14.9. The highest BCUT2D eigenvalue weighted by molar-refractivity contribution is 9.10. The second-order valence-corrected chi connectivity index (χ2v) is 5.56. The van der Waals surface area contributed by atoms with Crippen molar-refractivity contribution in [1.82, 2.24) is 0 Å². The Hall–Kier alpha value is -1.52. The van der Waals surface area contributed by atoms with E-state index in [0.29, 0.717) is 23.0 Å². The fourth-order valence-corrected chi connectivity index (χ4v) is 2.66. The summed E-state index contributed by atoms with van der Waals surface area (Å²) in [6.07, 6.45) is 0.538. The number of hydrogen-bond acceptors (Lipinski definition) is 2. The molecule has 2 N–H and O–H groups in total. The van der Waals surface area contributed by atoms with Crippen LogP contribution in [0.15, 0.2) is 46.9 Å². The molecule has 0 aliphatic rings. The molecule has 2 aromatic carbocycles. The first-order valence-electron chi connectivity index (χ1n) is 6.32. The van der Waals surface area contributed by atoms with Crippen molar-refractivity contribution in [3.05, 3.63) is 69.4 Å². The minimum absolute atomic E-state index is 0.0448. The molecule has 0 aromatic heterocycles. The number of rotatable bonds is 5. The van der Waals surface area contributed by atoms with Gasteiger partial charge < -0.3 is 5.73 Å². The lowest BCUT2D eigenvalue weighted by Gasteiger charge is -2.07. The van der Waals surface area contributed by atoms with E-state index in [1.165, 1.54) is 12.1 Å². The van der Waals surface area contributed by atoms with Crippen LogP contribution in [0, 0.1) is 5.82 Å². The summed E-state index contributed by atoms with van der Waals surface area (Å²) in [7, 11) is 0. The van der Waals surface area contributed by atoms with Crippen molar-refractivity contribution < 1.29 is 9.18 Å². The summed E-state index contributed by atoms with van der Waals surface area (Å²) in [4.78, 5) is 12.1. The van der Waals surface area contributed by atoms with Gasteiger partial charge in [-0.15, -0.1) is 0 Å². The number of halogens is 2. The van der Waals surface area contributed by atoms with E-state index >= 15 is 0 Å². The Kier molecular flexibility index (Phi) is 5.04. The molecule has 104 valence electrons. The summed E-state index contributed by atoms with van der Waals surface area (Å²) in [6.45, 7) is 0.412. The highest BCUT2D eigenvalue weighted by atomic mass is 79.9. The summed E-state index contributed by atoms with van der Waals surface area (Å²) >= 11 is 3.22. The Labute approximate surface area is 125 Å². The molecule has 0 saturated heterocycles. The van der Waals surface area contributed by atoms with E-state index < -0.39 is 0 Å². The molecular weight excluding hydrogens is 321 g/mol. The first-order chi connectivity index (χ1) is 9.58. The zero-order chi connectivity index (χ0) is 14.5. The smallest absolute Gasteiger partial charge is 0.141 e. The van der Waals surface area contributed by atoms with Crippen LogP contribution in [0.5, 0.6) is 0 Å². The average Bonchev–Trinajstić information content (AvgIpc) is 2.37. The minimum atomic E-state index is -0.343. The van der Waals surface area contributed by atoms with Gasteiger partial charge in [-0.1, -0.05) is 40.2 Å². The number of carbonyl (C=O) groups is 1. The normalized spacial score (nSPS) is 10.6. The van der Waals surface area contributed by atoms with Crippen molar-refractivity contribution in [2.24, 2.45) is 5.73 Å². The SMILES string of the molecule is NCc1ccccc1CC(=O)Cc1cc(F)cc(Br)c1. The largest absolute Gasteiger partial charge is 0.326 e.